The number of benzene rings is 3. The molecular weight excluding hydrogens is 564 g/mol. The van der Waals surface area contributed by atoms with Crippen molar-refractivity contribution in [2.24, 2.45) is 5.10 Å². The smallest absolute Gasteiger partial charge is 0.307 e. The van der Waals surface area contributed by atoms with Crippen LogP contribution in [0.3, 0.4) is 0 Å². The fourth-order valence-electron chi connectivity index (χ4n) is 3.34. The highest BCUT2D eigenvalue weighted by Crippen LogP contribution is 2.34. The maximum absolute atomic E-state index is 12.5. The van der Waals surface area contributed by atoms with Crippen molar-refractivity contribution >= 4 is 55.0 Å². The van der Waals surface area contributed by atoms with Crippen LogP contribution in [-0.4, -0.2) is 18.7 Å². The molecule has 1 amide bonds. The van der Waals surface area contributed by atoms with E-state index in [-0.39, 0.29) is 5.76 Å². The Kier molecular flexibility index (Phi) is 7.70. The Balaban J connectivity index is 1.47. The number of carbonyl (C=O) groups is 1. The van der Waals surface area contributed by atoms with Gasteiger partial charge in [0.2, 0.25) is 0 Å². The Bertz CT molecular complexity index is 1360. The fourth-order valence-corrected chi connectivity index (χ4v) is 4.14. The van der Waals surface area contributed by atoms with Gasteiger partial charge in [-0.1, -0.05) is 45.8 Å². The van der Waals surface area contributed by atoms with Crippen molar-refractivity contribution in [1.82, 2.24) is 5.43 Å². The van der Waals surface area contributed by atoms with E-state index in [1.54, 1.807) is 12.1 Å². The molecule has 34 heavy (non-hydrogen) atoms. The molecule has 0 aliphatic heterocycles. The summed E-state index contributed by atoms with van der Waals surface area (Å²) in [5.74, 6) is 0.945. The van der Waals surface area contributed by atoms with Crippen molar-refractivity contribution in [2.45, 2.75) is 20.5 Å². The molecule has 0 spiro atoms. The summed E-state index contributed by atoms with van der Waals surface area (Å²) in [6.07, 6.45) is 1.54. The highest BCUT2D eigenvalue weighted by atomic mass is 79.9. The van der Waals surface area contributed by atoms with Crippen LogP contribution in [0.5, 0.6) is 11.5 Å². The normalized spacial score (nSPS) is 11.2. The van der Waals surface area contributed by atoms with Gasteiger partial charge in [-0.2, -0.15) is 5.10 Å². The van der Waals surface area contributed by atoms with Gasteiger partial charge < -0.3 is 13.9 Å². The number of halogens is 2. The van der Waals surface area contributed by atoms with Crippen LogP contribution >= 0.6 is 31.9 Å². The van der Waals surface area contributed by atoms with Crippen molar-refractivity contribution in [1.29, 1.82) is 0 Å². The minimum Gasteiger partial charge on any atom is -0.490 e. The van der Waals surface area contributed by atoms with Crippen molar-refractivity contribution < 1.29 is 18.7 Å². The fraction of sp³-hybridized carbons (Fsp3) is 0.154. The van der Waals surface area contributed by atoms with Gasteiger partial charge >= 0.3 is 5.91 Å². The lowest BCUT2D eigenvalue weighted by atomic mass is 10.1. The van der Waals surface area contributed by atoms with Crippen molar-refractivity contribution in [3.8, 4) is 11.5 Å². The van der Waals surface area contributed by atoms with Gasteiger partial charge in [-0.3, -0.25) is 4.79 Å². The molecule has 0 saturated heterocycles. The number of amides is 1. The average Bonchev–Trinajstić information content (AvgIpc) is 3.23. The van der Waals surface area contributed by atoms with Crippen LogP contribution in [-0.2, 0) is 6.61 Å². The van der Waals surface area contributed by atoms with Crippen LogP contribution < -0.4 is 14.9 Å². The highest BCUT2D eigenvalue weighted by molar-refractivity contribution is 9.10. The SMILES string of the molecule is CCOc1cc(/C=N/NC(=O)c2cc3cc(Br)ccc3o2)c(Br)cc1OCc1cccc(C)c1. The monoisotopic (exact) mass is 584 g/mol. The molecule has 8 heteroatoms. The van der Waals surface area contributed by atoms with Crippen molar-refractivity contribution in [2.75, 3.05) is 6.61 Å². The summed E-state index contributed by atoms with van der Waals surface area (Å²) >= 11 is 6.96. The third kappa shape index (κ3) is 5.87. The van der Waals surface area contributed by atoms with Gasteiger partial charge in [0.25, 0.3) is 0 Å². The van der Waals surface area contributed by atoms with E-state index in [4.69, 9.17) is 13.9 Å². The van der Waals surface area contributed by atoms with E-state index in [0.717, 1.165) is 25.5 Å². The van der Waals surface area contributed by atoms with E-state index in [0.29, 0.717) is 30.3 Å². The number of furan rings is 1. The Morgan fingerprint density at radius 2 is 1.88 bits per heavy atom. The minimum absolute atomic E-state index is 0.180. The second kappa shape index (κ2) is 10.9. The summed E-state index contributed by atoms with van der Waals surface area (Å²) in [6, 6.07) is 19.0. The number of ether oxygens (including phenoxy) is 2. The predicted molar refractivity (Wildman–Crippen MR) is 140 cm³/mol. The second-order valence-corrected chi connectivity index (χ2v) is 9.29. The summed E-state index contributed by atoms with van der Waals surface area (Å²) in [6.45, 7) is 4.86. The van der Waals surface area contributed by atoms with Gasteiger partial charge in [0, 0.05) is 19.9 Å². The summed E-state index contributed by atoms with van der Waals surface area (Å²) in [5, 5.41) is 4.91. The van der Waals surface area contributed by atoms with Crippen LogP contribution in [0.4, 0.5) is 0 Å². The molecule has 6 nitrogen and oxygen atoms in total. The van der Waals surface area contributed by atoms with Gasteiger partial charge in [0.1, 0.15) is 12.2 Å². The van der Waals surface area contributed by atoms with Crippen LogP contribution in [0, 0.1) is 6.92 Å². The van der Waals surface area contributed by atoms with Crippen LogP contribution in [0.1, 0.15) is 34.2 Å². The molecule has 4 aromatic rings. The number of aryl methyl sites for hydroxylation is 1. The molecule has 0 saturated carbocycles. The first-order valence-electron chi connectivity index (χ1n) is 10.6. The van der Waals surface area contributed by atoms with Gasteiger partial charge in [-0.05, 0) is 71.7 Å². The Morgan fingerprint density at radius 3 is 2.68 bits per heavy atom. The van der Waals surface area contributed by atoms with E-state index >= 15 is 0 Å². The van der Waals surface area contributed by atoms with Crippen LogP contribution in [0.2, 0.25) is 0 Å². The molecular formula is C26H22Br2N2O4. The van der Waals surface area contributed by atoms with Gasteiger partial charge in [0.15, 0.2) is 17.3 Å². The first-order valence-corrected chi connectivity index (χ1v) is 12.2. The lowest BCUT2D eigenvalue weighted by molar-refractivity contribution is 0.0929. The zero-order chi connectivity index (χ0) is 24.1. The quantitative estimate of drug-likeness (QED) is 0.178. The molecule has 0 radical (unpaired) electrons. The molecule has 0 atom stereocenters. The first-order chi connectivity index (χ1) is 16.4. The topological polar surface area (TPSA) is 73.1 Å². The molecule has 3 aromatic carbocycles. The zero-order valence-corrected chi connectivity index (χ0v) is 21.8. The third-order valence-corrected chi connectivity index (χ3v) is 6.09. The average molecular weight is 586 g/mol. The number of rotatable bonds is 8. The molecule has 0 fully saturated rings. The third-order valence-electron chi connectivity index (χ3n) is 4.91. The highest BCUT2D eigenvalue weighted by Gasteiger charge is 2.13. The summed E-state index contributed by atoms with van der Waals surface area (Å²) < 4.78 is 19.0. The maximum atomic E-state index is 12.5. The van der Waals surface area contributed by atoms with Crippen molar-refractivity contribution in [3.63, 3.8) is 0 Å². The lowest BCUT2D eigenvalue weighted by Gasteiger charge is -2.14. The number of nitrogens with zero attached hydrogens (tertiary/aromatic N) is 1. The molecule has 1 aromatic heterocycles. The Hall–Kier alpha value is -3.10. The number of fused-ring (bicyclic) bond motifs is 1. The summed E-state index contributed by atoms with van der Waals surface area (Å²) in [5.41, 5.74) is 6.10. The van der Waals surface area contributed by atoms with Crippen molar-refractivity contribution in [3.05, 3.63) is 92.1 Å². The molecule has 0 unspecified atom stereocenters. The molecule has 0 aliphatic rings. The largest absolute Gasteiger partial charge is 0.490 e. The van der Waals surface area contributed by atoms with E-state index < -0.39 is 5.91 Å². The zero-order valence-electron chi connectivity index (χ0n) is 18.6. The molecule has 174 valence electrons. The second-order valence-electron chi connectivity index (χ2n) is 7.52. The lowest BCUT2D eigenvalue weighted by Crippen LogP contribution is -2.16. The van der Waals surface area contributed by atoms with E-state index in [2.05, 4.69) is 48.5 Å². The molecule has 0 bridgehead atoms. The van der Waals surface area contributed by atoms with Gasteiger partial charge in [-0.15, -0.1) is 0 Å². The van der Waals surface area contributed by atoms with Crippen LogP contribution in [0.15, 0.2) is 79.1 Å². The number of hydrogen-bond acceptors (Lipinski definition) is 5. The van der Waals surface area contributed by atoms with E-state index in [1.807, 2.05) is 56.3 Å². The summed E-state index contributed by atoms with van der Waals surface area (Å²) in [7, 11) is 0. The number of nitrogens with one attached hydrogen (secondary N) is 1. The number of hydrazone groups is 1. The van der Waals surface area contributed by atoms with E-state index in [9.17, 15) is 4.79 Å². The minimum atomic E-state index is -0.442. The standard InChI is InChI=1S/C26H22Br2N2O4/c1-3-32-23-12-19(21(28)13-24(23)33-15-17-6-4-5-16(2)9-17)14-29-30-26(31)25-11-18-10-20(27)7-8-22(18)34-25/h4-14H,3,15H2,1-2H3,(H,30,31)/b29-14+. The molecule has 1 heterocycles. The summed E-state index contributed by atoms with van der Waals surface area (Å²) in [4.78, 5) is 12.5. The predicted octanol–water partition coefficient (Wildman–Crippen LogP) is 7.01. The Labute approximate surface area is 214 Å². The van der Waals surface area contributed by atoms with Gasteiger partial charge in [-0.25, -0.2) is 5.43 Å². The number of carbonyl (C=O) groups excluding carboxylic acids is 1. The Morgan fingerprint density at radius 1 is 1.06 bits per heavy atom. The van der Waals surface area contributed by atoms with E-state index in [1.165, 1.54) is 11.8 Å². The first kappa shape index (κ1) is 24.0. The maximum Gasteiger partial charge on any atom is 0.307 e. The van der Waals surface area contributed by atoms with Gasteiger partial charge in [0.05, 0.1) is 12.8 Å². The molecule has 1 N–H and O–H groups in total. The molecule has 0 aliphatic carbocycles. The number of hydrogen-bond donors (Lipinski definition) is 1. The molecule has 4 rings (SSSR count). The van der Waals surface area contributed by atoms with Crippen LogP contribution in [0.25, 0.3) is 11.0 Å².